The molecule has 0 bridgehead atoms. The molecule has 158 valence electrons. The van der Waals surface area contributed by atoms with Crippen LogP contribution >= 0.6 is 0 Å². The lowest BCUT2D eigenvalue weighted by atomic mass is 10.1. The summed E-state index contributed by atoms with van der Waals surface area (Å²) in [4.78, 5) is 46.6. The number of nitrogens with one attached hydrogen (secondary N) is 1. The fourth-order valence-electron chi connectivity index (χ4n) is 2.58. The number of nitro benzene ring substituents is 1. The number of nitrogens with zero attached hydrogens (tertiary/aromatic N) is 1. The first-order valence-corrected chi connectivity index (χ1v) is 9.14. The molecule has 2 aromatic rings. The number of carbonyl (C=O) groups excluding carboxylic acids is 3. The Morgan fingerprint density at radius 1 is 1.10 bits per heavy atom. The quantitative estimate of drug-likeness (QED) is 0.287. The lowest BCUT2D eigenvalue weighted by Gasteiger charge is -2.09. The van der Waals surface area contributed by atoms with Crippen molar-refractivity contribution < 1.29 is 28.8 Å². The summed E-state index contributed by atoms with van der Waals surface area (Å²) >= 11 is 0. The highest BCUT2D eigenvalue weighted by Crippen LogP contribution is 2.24. The molecule has 0 aliphatic carbocycles. The van der Waals surface area contributed by atoms with E-state index >= 15 is 0 Å². The highest BCUT2D eigenvalue weighted by molar-refractivity contribution is 6.00. The van der Waals surface area contributed by atoms with Gasteiger partial charge in [-0.1, -0.05) is 13.8 Å². The van der Waals surface area contributed by atoms with Crippen LogP contribution in [0.4, 0.5) is 11.4 Å². The van der Waals surface area contributed by atoms with Gasteiger partial charge in [0.2, 0.25) is 5.91 Å². The van der Waals surface area contributed by atoms with Crippen molar-refractivity contribution in [3.8, 4) is 5.75 Å². The number of benzene rings is 2. The molecular formula is C21H22N2O7. The van der Waals surface area contributed by atoms with Crippen LogP contribution in [0.2, 0.25) is 0 Å². The molecular weight excluding hydrogens is 392 g/mol. The molecule has 0 fully saturated rings. The fraction of sp³-hybridized carbons (Fsp3) is 0.286. The Bertz CT molecular complexity index is 952. The Morgan fingerprint density at radius 3 is 2.33 bits per heavy atom. The third-order valence-electron chi connectivity index (χ3n) is 4.03. The van der Waals surface area contributed by atoms with Crippen molar-refractivity contribution in [1.29, 1.82) is 0 Å². The number of methoxy groups -OCH3 is 1. The molecule has 9 heteroatoms. The number of anilines is 1. The summed E-state index contributed by atoms with van der Waals surface area (Å²) in [6.07, 6.45) is 0.387. The smallest absolute Gasteiger partial charge is 0.342 e. The molecule has 0 saturated heterocycles. The van der Waals surface area contributed by atoms with E-state index in [1.807, 2.05) is 13.8 Å². The van der Waals surface area contributed by atoms with Gasteiger partial charge in [0.25, 0.3) is 5.69 Å². The minimum absolute atomic E-state index is 0.0968. The second kappa shape index (κ2) is 10.1. The van der Waals surface area contributed by atoms with Crippen molar-refractivity contribution in [3.05, 3.63) is 63.7 Å². The van der Waals surface area contributed by atoms with E-state index in [1.54, 1.807) is 12.1 Å². The first-order valence-electron chi connectivity index (χ1n) is 9.14. The van der Waals surface area contributed by atoms with Gasteiger partial charge in [0.05, 0.1) is 12.0 Å². The zero-order valence-corrected chi connectivity index (χ0v) is 16.8. The number of hydrogen-bond donors (Lipinski definition) is 1. The lowest BCUT2D eigenvalue weighted by Crippen LogP contribution is -2.16. The standard InChI is InChI=1S/C21H22N2O7/c1-13(2)10-20(25)22-15-6-4-14(5-7-15)18(24)12-30-21(26)17-11-16(23(27)28)8-9-19(17)29-3/h4-9,11,13H,10,12H2,1-3H3,(H,22,25). The average molecular weight is 414 g/mol. The van der Waals surface area contributed by atoms with Gasteiger partial charge < -0.3 is 14.8 Å². The Labute approximate surface area is 173 Å². The largest absolute Gasteiger partial charge is 0.496 e. The lowest BCUT2D eigenvalue weighted by molar-refractivity contribution is -0.384. The molecule has 9 nitrogen and oxygen atoms in total. The molecule has 30 heavy (non-hydrogen) atoms. The van der Waals surface area contributed by atoms with Gasteiger partial charge in [-0.3, -0.25) is 19.7 Å². The monoisotopic (exact) mass is 414 g/mol. The van der Waals surface area contributed by atoms with Gasteiger partial charge in [-0.2, -0.15) is 0 Å². The Morgan fingerprint density at radius 2 is 1.77 bits per heavy atom. The highest BCUT2D eigenvalue weighted by atomic mass is 16.6. The van der Waals surface area contributed by atoms with Crippen LogP contribution in [0.25, 0.3) is 0 Å². The molecule has 0 spiro atoms. The first kappa shape index (κ1) is 22.5. The number of amides is 1. The molecule has 0 aromatic heterocycles. The molecule has 0 radical (unpaired) electrons. The summed E-state index contributed by atoms with van der Waals surface area (Å²) in [6.45, 7) is 3.32. The van der Waals surface area contributed by atoms with E-state index in [4.69, 9.17) is 9.47 Å². The number of carbonyl (C=O) groups is 3. The van der Waals surface area contributed by atoms with Gasteiger partial charge in [0.15, 0.2) is 12.4 Å². The van der Waals surface area contributed by atoms with Gasteiger partial charge in [0.1, 0.15) is 11.3 Å². The Hall–Kier alpha value is -3.75. The summed E-state index contributed by atoms with van der Waals surface area (Å²) in [6, 6.07) is 9.68. The van der Waals surface area contributed by atoms with Crippen molar-refractivity contribution in [3.63, 3.8) is 0 Å². The molecule has 1 N–H and O–H groups in total. The van der Waals surface area contributed by atoms with E-state index in [0.29, 0.717) is 12.1 Å². The second-order valence-electron chi connectivity index (χ2n) is 6.86. The summed E-state index contributed by atoms with van der Waals surface area (Å²) in [5.74, 6) is -1.18. The summed E-state index contributed by atoms with van der Waals surface area (Å²) in [5.41, 5.74) is 0.387. The minimum atomic E-state index is -0.915. The third kappa shape index (κ3) is 6.13. The first-order chi connectivity index (χ1) is 14.2. The van der Waals surface area contributed by atoms with Gasteiger partial charge in [-0.05, 0) is 36.2 Å². The van der Waals surface area contributed by atoms with Gasteiger partial charge in [-0.15, -0.1) is 0 Å². The van der Waals surface area contributed by atoms with Crippen LogP contribution in [0.15, 0.2) is 42.5 Å². The SMILES string of the molecule is COc1ccc([N+](=O)[O-])cc1C(=O)OCC(=O)c1ccc(NC(=O)CC(C)C)cc1. The molecule has 0 saturated carbocycles. The maximum Gasteiger partial charge on any atom is 0.342 e. The van der Waals surface area contributed by atoms with Gasteiger partial charge >= 0.3 is 5.97 Å². The molecule has 0 unspecified atom stereocenters. The minimum Gasteiger partial charge on any atom is -0.496 e. The van der Waals surface area contributed by atoms with Crippen LogP contribution < -0.4 is 10.1 Å². The number of ketones is 1. The van der Waals surface area contributed by atoms with Crippen LogP contribution in [0.1, 0.15) is 41.0 Å². The van der Waals surface area contributed by atoms with Gasteiger partial charge in [-0.25, -0.2) is 4.79 Å². The van der Waals surface area contributed by atoms with E-state index in [2.05, 4.69) is 5.32 Å². The van der Waals surface area contributed by atoms with Crippen molar-refractivity contribution >= 4 is 29.0 Å². The van der Waals surface area contributed by atoms with E-state index in [0.717, 1.165) is 6.07 Å². The van der Waals surface area contributed by atoms with Crippen molar-refractivity contribution in [2.45, 2.75) is 20.3 Å². The van der Waals surface area contributed by atoms with Crippen LogP contribution in [0.5, 0.6) is 5.75 Å². The fourth-order valence-corrected chi connectivity index (χ4v) is 2.58. The van der Waals surface area contributed by atoms with Crippen LogP contribution in [0.3, 0.4) is 0 Å². The number of esters is 1. The maximum atomic E-state index is 12.3. The zero-order chi connectivity index (χ0) is 22.3. The number of nitro groups is 1. The van der Waals surface area contributed by atoms with E-state index in [-0.39, 0.29) is 34.4 Å². The molecule has 1 amide bonds. The number of non-ortho nitro benzene ring substituents is 1. The van der Waals surface area contributed by atoms with E-state index in [1.165, 1.54) is 31.4 Å². The highest BCUT2D eigenvalue weighted by Gasteiger charge is 2.20. The summed E-state index contributed by atoms with van der Waals surface area (Å²) in [7, 11) is 1.31. The third-order valence-corrected chi connectivity index (χ3v) is 4.03. The average Bonchev–Trinajstić information content (AvgIpc) is 2.71. The van der Waals surface area contributed by atoms with Crippen molar-refractivity contribution in [1.82, 2.24) is 0 Å². The molecule has 0 aliphatic heterocycles. The van der Waals surface area contributed by atoms with Crippen LogP contribution in [-0.2, 0) is 9.53 Å². The maximum absolute atomic E-state index is 12.3. The zero-order valence-electron chi connectivity index (χ0n) is 16.8. The molecule has 2 rings (SSSR count). The summed E-state index contributed by atoms with van der Waals surface area (Å²) < 4.78 is 10.0. The van der Waals surface area contributed by atoms with Crippen molar-refractivity contribution in [2.24, 2.45) is 5.92 Å². The molecule has 0 aliphatic rings. The van der Waals surface area contributed by atoms with Crippen LogP contribution in [-0.4, -0.2) is 36.3 Å². The number of hydrogen-bond acceptors (Lipinski definition) is 7. The predicted octanol–water partition coefficient (Wildman–Crippen LogP) is 3.63. The Kier molecular flexibility index (Phi) is 7.62. The summed E-state index contributed by atoms with van der Waals surface area (Å²) in [5, 5.41) is 13.6. The normalized spacial score (nSPS) is 10.4. The van der Waals surface area contributed by atoms with E-state index < -0.39 is 23.3 Å². The molecule has 2 aromatic carbocycles. The topological polar surface area (TPSA) is 125 Å². The second-order valence-corrected chi connectivity index (χ2v) is 6.86. The number of ether oxygens (including phenoxy) is 2. The predicted molar refractivity (Wildman–Crippen MR) is 109 cm³/mol. The number of rotatable bonds is 9. The van der Waals surface area contributed by atoms with E-state index in [9.17, 15) is 24.5 Å². The Balaban J connectivity index is 2.00. The van der Waals surface area contributed by atoms with Crippen molar-refractivity contribution in [2.75, 3.05) is 19.0 Å². The van der Waals surface area contributed by atoms with Crippen LogP contribution in [0, 0.1) is 16.0 Å². The molecule has 0 heterocycles. The molecule has 0 atom stereocenters. The van der Waals surface area contributed by atoms with Gasteiger partial charge in [0, 0.05) is 29.8 Å². The number of Topliss-reactive ketones (excluding diaryl/α,β-unsaturated/α-hetero) is 1.